The highest BCUT2D eigenvalue weighted by Crippen LogP contribution is 2.25. The van der Waals surface area contributed by atoms with Crippen molar-refractivity contribution in [3.63, 3.8) is 0 Å². The van der Waals surface area contributed by atoms with E-state index in [4.69, 9.17) is 5.73 Å². The molecule has 4 nitrogen and oxygen atoms in total. The van der Waals surface area contributed by atoms with E-state index in [-0.39, 0.29) is 17.1 Å². The van der Waals surface area contributed by atoms with Crippen LogP contribution in [0.3, 0.4) is 0 Å². The third-order valence-electron chi connectivity index (χ3n) is 2.29. The van der Waals surface area contributed by atoms with Crippen LogP contribution in [0.4, 0.5) is 0 Å². The van der Waals surface area contributed by atoms with Crippen LogP contribution in [-0.4, -0.2) is 21.6 Å². The van der Waals surface area contributed by atoms with Crippen molar-refractivity contribution in [2.75, 3.05) is 6.54 Å². The molecule has 15 heavy (non-hydrogen) atoms. The van der Waals surface area contributed by atoms with E-state index < -0.39 is 0 Å². The minimum Gasteiger partial charge on any atom is -0.504 e. The molecule has 0 amide bonds. The lowest BCUT2D eigenvalue weighted by atomic mass is 9.95. The first-order chi connectivity index (χ1) is 6.86. The van der Waals surface area contributed by atoms with Gasteiger partial charge in [-0.1, -0.05) is 27.7 Å². The zero-order valence-electron chi connectivity index (χ0n) is 9.78. The predicted octanol–water partition coefficient (Wildman–Crippen LogP) is 1.54. The minimum absolute atomic E-state index is 0.0501. The Kier molecular flexibility index (Phi) is 3.29. The van der Waals surface area contributed by atoms with E-state index in [9.17, 15) is 5.11 Å². The van der Waals surface area contributed by atoms with Crippen molar-refractivity contribution >= 4 is 0 Å². The summed E-state index contributed by atoms with van der Waals surface area (Å²) in [6.07, 6.45) is 1.45. The molecule has 1 atom stereocenters. The second-order valence-corrected chi connectivity index (χ2v) is 4.85. The van der Waals surface area contributed by atoms with Gasteiger partial charge in [-0.15, -0.1) is 0 Å². The highest BCUT2D eigenvalue weighted by atomic mass is 16.3. The highest BCUT2D eigenvalue weighted by Gasteiger charge is 2.20. The maximum absolute atomic E-state index is 9.62. The molecule has 1 aromatic heterocycles. The molecule has 1 unspecified atom stereocenters. The Hall–Kier alpha value is -1.16. The summed E-state index contributed by atoms with van der Waals surface area (Å²) in [5.41, 5.74) is 6.08. The third-order valence-corrected chi connectivity index (χ3v) is 2.29. The van der Waals surface area contributed by atoms with Crippen molar-refractivity contribution in [3.8, 4) is 5.75 Å². The van der Waals surface area contributed by atoms with Crippen LogP contribution in [0.15, 0.2) is 6.20 Å². The smallest absolute Gasteiger partial charge is 0.155 e. The Morgan fingerprint density at radius 3 is 2.53 bits per heavy atom. The summed E-state index contributed by atoms with van der Waals surface area (Å²) in [6, 6.07) is 0. The molecule has 0 aromatic carbocycles. The van der Waals surface area contributed by atoms with Gasteiger partial charge in [-0.3, -0.25) is 0 Å². The van der Waals surface area contributed by atoms with Gasteiger partial charge in [0.25, 0.3) is 0 Å². The first kappa shape index (κ1) is 11.9. The lowest BCUT2D eigenvalue weighted by Crippen LogP contribution is -2.19. The van der Waals surface area contributed by atoms with Gasteiger partial charge in [0.1, 0.15) is 5.82 Å². The van der Waals surface area contributed by atoms with E-state index in [2.05, 4.69) is 9.97 Å². The lowest BCUT2D eigenvalue weighted by Gasteiger charge is -2.19. The minimum atomic E-state index is -0.114. The molecule has 3 N–H and O–H groups in total. The molecular weight excluding hydrogens is 190 g/mol. The molecule has 0 saturated carbocycles. The van der Waals surface area contributed by atoms with Crippen LogP contribution < -0.4 is 5.73 Å². The van der Waals surface area contributed by atoms with Crippen molar-refractivity contribution in [3.05, 3.63) is 17.7 Å². The first-order valence-corrected chi connectivity index (χ1v) is 5.12. The molecule has 0 aliphatic carbocycles. The topological polar surface area (TPSA) is 72.0 Å². The summed E-state index contributed by atoms with van der Waals surface area (Å²) in [5.74, 6) is 0.908. The van der Waals surface area contributed by atoms with E-state index in [0.29, 0.717) is 12.2 Å². The molecule has 0 aliphatic heterocycles. The number of nitrogens with zero attached hydrogens (tertiary/aromatic N) is 2. The average molecular weight is 209 g/mol. The van der Waals surface area contributed by atoms with E-state index in [1.54, 1.807) is 0 Å². The third kappa shape index (κ3) is 2.65. The molecule has 1 heterocycles. The van der Waals surface area contributed by atoms with Gasteiger partial charge in [0, 0.05) is 17.9 Å². The maximum Gasteiger partial charge on any atom is 0.155 e. The second kappa shape index (κ2) is 4.14. The van der Waals surface area contributed by atoms with Gasteiger partial charge in [0.2, 0.25) is 0 Å². The van der Waals surface area contributed by atoms with E-state index in [0.717, 1.165) is 5.82 Å². The van der Waals surface area contributed by atoms with Crippen LogP contribution in [0.5, 0.6) is 5.75 Å². The van der Waals surface area contributed by atoms with Gasteiger partial charge in [0.15, 0.2) is 5.75 Å². The number of hydrogen-bond acceptors (Lipinski definition) is 4. The summed E-state index contributed by atoms with van der Waals surface area (Å²) in [5, 5.41) is 9.62. The molecular formula is C11H19N3O. The molecule has 1 aromatic rings. The number of aromatic hydroxyl groups is 1. The Bertz CT molecular complexity index is 344. The number of aromatic nitrogens is 2. The zero-order chi connectivity index (χ0) is 11.6. The normalized spacial score (nSPS) is 13.9. The Morgan fingerprint density at radius 2 is 2.07 bits per heavy atom. The van der Waals surface area contributed by atoms with E-state index >= 15 is 0 Å². The number of nitrogens with two attached hydrogens (primary N) is 1. The standard InChI is InChI=1S/C11H19N3O/c1-7(5-12)9-8(15)6-13-10(14-9)11(2,3)4/h6-7,15H,5,12H2,1-4H3. The summed E-state index contributed by atoms with van der Waals surface area (Å²) in [7, 11) is 0. The summed E-state index contributed by atoms with van der Waals surface area (Å²) in [4.78, 5) is 8.50. The largest absolute Gasteiger partial charge is 0.504 e. The monoisotopic (exact) mass is 209 g/mol. The Balaban J connectivity index is 3.17. The summed E-state index contributed by atoms with van der Waals surface area (Å²) < 4.78 is 0. The molecule has 84 valence electrons. The van der Waals surface area contributed by atoms with Crippen molar-refractivity contribution in [2.24, 2.45) is 5.73 Å². The van der Waals surface area contributed by atoms with Gasteiger partial charge in [-0.25, -0.2) is 9.97 Å². The molecule has 0 fully saturated rings. The van der Waals surface area contributed by atoms with Gasteiger partial charge < -0.3 is 10.8 Å². The van der Waals surface area contributed by atoms with Crippen molar-refractivity contribution < 1.29 is 5.11 Å². The number of rotatable bonds is 2. The fourth-order valence-corrected chi connectivity index (χ4v) is 1.22. The van der Waals surface area contributed by atoms with Crippen molar-refractivity contribution in [2.45, 2.75) is 39.0 Å². The molecule has 0 radical (unpaired) electrons. The van der Waals surface area contributed by atoms with Crippen molar-refractivity contribution in [1.82, 2.24) is 9.97 Å². The first-order valence-electron chi connectivity index (χ1n) is 5.12. The summed E-state index contributed by atoms with van der Waals surface area (Å²) >= 11 is 0. The fraction of sp³-hybridized carbons (Fsp3) is 0.636. The van der Waals surface area contributed by atoms with E-state index in [1.165, 1.54) is 6.20 Å². The summed E-state index contributed by atoms with van der Waals surface area (Å²) in [6.45, 7) is 8.52. The van der Waals surface area contributed by atoms with Crippen LogP contribution in [0.1, 0.15) is 45.1 Å². The van der Waals surface area contributed by atoms with Gasteiger partial charge in [0.05, 0.1) is 11.9 Å². The molecule has 1 rings (SSSR count). The molecule has 0 bridgehead atoms. The Morgan fingerprint density at radius 1 is 1.47 bits per heavy atom. The predicted molar refractivity (Wildman–Crippen MR) is 59.9 cm³/mol. The average Bonchev–Trinajstić information content (AvgIpc) is 2.15. The molecule has 0 saturated heterocycles. The van der Waals surface area contributed by atoms with Crippen molar-refractivity contribution in [1.29, 1.82) is 0 Å². The van der Waals surface area contributed by atoms with Crippen LogP contribution in [0.2, 0.25) is 0 Å². The lowest BCUT2D eigenvalue weighted by molar-refractivity contribution is 0.445. The van der Waals surface area contributed by atoms with Crippen LogP contribution >= 0.6 is 0 Å². The second-order valence-electron chi connectivity index (χ2n) is 4.85. The maximum atomic E-state index is 9.62. The van der Waals surface area contributed by atoms with Gasteiger partial charge in [-0.2, -0.15) is 0 Å². The zero-order valence-corrected chi connectivity index (χ0v) is 9.78. The quantitative estimate of drug-likeness (QED) is 0.775. The van der Waals surface area contributed by atoms with Crippen LogP contribution in [-0.2, 0) is 5.41 Å². The molecule has 4 heteroatoms. The van der Waals surface area contributed by atoms with Crippen LogP contribution in [0, 0.1) is 0 Å². The molecule has 0 aliphatic rings. The van der Waals surface area contributed by atoms with Gasteiger partial charge in [-0.05, 0) is 0 Å². The van der Waals surface area contributed by atoms with Gasteiger partial charge >= 0.3 is 0 Å². The number of hydrogen-bond donors (Lipinski definition) is 2. The fourth-order valence-electron chi connectivity index (χ4n) is 1.22. The van der Waals surface area contributed by atoms with Crippen LogP contribution in [0.25, 0.3) is 0 Å². The molecule has 0 spiro atoms. The SMILES string of the molecule is CC(CN)c1nc(C(C)(C)C)ncc1O. The van der Waals surface area contributed by atoms with E-state index in [1.807, 2.05) is 27.7 Å². The highest BCUT2D eigenvalue weighted by molar-refractivity contribution is 5.27. The Labute approximate surface area is 90.6 Å².